The molecule has 2 aromatic carbocycles. The van der Waals surface area contributed by atoms with Gasteiger partial charge in [0.2, 0.25) is 15.8 Å². The fraction of sp³-hybridized carbons (Fsp3) is 0.0556. The van der Waals surface area contributed by atoms with E-state index in [0.717, 1.165) is 12.1 Å². The number of nitrogens with zero attached hydrogens (tertiary/aromatic N) is 1. The van der Waals surface area contributed by atoms with Crippen molar-refractivity contribution >= 4 is 32.8 Å². The minimum Gasteiger partial charge on any atom is -0.288 e. The lowest BCUT2D eigenvalue weighted by Gasteiger charge is -2.05. The number of hydrogen-bond acceptors (Lipinski definition) is 6. The zero-order valence-corrected chi connectivity index (χ0v) is 15.5. The van der Waals surface area contributed by atoms with Crippen LogP contribution in [0.4, 0.5) is 5.69 Å². The van der Waals surface area contributed by atoms with Gasteiger partial charge < -0.3 is 0 Å². The van der Waals surface area contributed by atoms with Crippen molar-refractivity contribution in [2.45, 2.75) is 11.4 Å². The Morgan fingerprint density at radius 2 is 1.67 bits per heavy atom. The summed E-state index contributed by atoms with van der Waals surface area (Å²) in [6.07, 6.45) is 0. The molecule has 0 fully saturated rings. The SMILES string of the molecule is O=C(c1ccccc1)c1ccc(CNS(=O)(=O)c2ccc([N+](=O)[O-])cc2)s1. The van der Waals surface area contributed by atoms with Gasteiger partial charge in [-0.25, -0.2) is 13.1 Å². The van der Waals surface area contributed by atoms with Gasteiger partial charge in [0.05, 0.1) is 14.7 Å². The summed E-state index contributed by atoms with van der Waals surface area (Å²) in [5.41, 5.74) is 0.383. The Labute approximate surface area is 159 Å². The number of nitro benzene ring substituents is 1. The van der Waals surface area contributed by atoms with Gasteiger partial charge in [-0.3, -0.25) is 14.9 Å². The second-order valence-corrected chi connectivity index (χ2v) is 8.47. The Morgan fingerprint density at radius 3 is 2.30 bits per heavy atom. The minimum absolute atomic E-state index is 0.0199. The van der Waals surface area contributed by atoms with Crippen LogP contribution in [0.15, 0.2) is 71.6 Å². The summed E-state index contributed by atoms with van der Waals surface area (Å²) >= 11 is 1.21. The van der Waals surface area contributed by atoms with E-state index in [4.69, 9.17) is 0 Å². The maximum atomic E-state index is 12.4. The first-order valence-electron chi connectivity index (χ1n) is 7.79. The molecule has 0 aliphatic heterocycles. The summed E-state index contributed by atoms with van der Waals surface area (Å²) < 4.78 is 27.0. The number of sulfonamides is 1. The third-order valence-corrected chi connectivity index (χ3v) is 6.22. The fourth-order valence-corrected chi connectivity index (χ4v) is 4.33. The maximum Gasteiger partial charge on any atom is 0.269 e. The molecule has 0 spiro atoms. The van der Waals surface area contributed by atoms with Gasteiger partial charge in [0.25, 0.3) is 5.69 Å². The van der Waals surface area contributed by atoms with Crippen molar-refractivity contribution in [2.75, 3.05) is 0 Å². The van der Waals surface area contributed by atoms with Crippen molar-refractivity contribution in [1.82, 2.24) is 4.72 Å². The van der Waals surface area contributed by atoms with Crippen molar-refractivity contribution < 1.29 is 18.1 Å². The summed E-state index contributed by atoms with van der Waals surface area (Å²) in [6, 6.07) is 16.8. The number of thiophene rings is 1. The molecule has 0 atom stereocenters. The van der Waals surface area contributed by atoms with E-state index in [0.29, 0.717) is 15.3 Å². The minimum atomic E-state index is -3.81. The normalized spacial score (nSPS) is 11.3. The van der Waals surface area contributed by atoms with E-state index in [1.165, 1.54) is 23.5 Å². The summed E-state index contributed by atoms with van der Waals surface area (Å²) in [5, 5.41) is 10.6. The number of carbonyl (C=O) groups is 1. The predicted octanol–water partition coefficient (Wildman–Crippen LogP) is 3.37. The van der Waals surface area contributed by atoms with Crippen LogP contribution in [-0.4, -0.2) is 19.1 Å². The fourth-order valence-electron chi connectivity index (χ4n) is 2.32. The molecule has 9 heteroatoms. The third kappa shape index (κ3) is 4.45. The number of carbonyl (C=O) groups excluding carboxylic acids is 1. The Bertz CT molecular complexity index is 1070. The van der Waals surface area contributed by atoms with Gasteiger partial charge in [-0.05, 0) is 24.3 Å². The quantitative estimate of drug-likeness (QED) is 0.370. The molecule has 0 saturated heterocycles. The van der Waals surface area contributed by atoms with Crippen LogP contribution in [0.3, 0.4) is 0 Å². The summed E-state index contributed by atoms with van der Waals surface area (Å²) in [4.78, 5) is 23.6. The lowest BCUT2D eigenvalue weighted by atomic mass is 10.1. The molecule has 1 N–H and O–H groups in total. The van der Waals surface area contributed by atoms with Crippen LogP contribution in [0.1, 0.15) is 20.1 Å². The van der Waals surface area contributed by atoms with E-state index >= 15 is 0 Å². The first-order valence-corrected chi connectivity index (χ1v) is 10.1. The molecule has 3 rings (SSSR count). The van der Waals surface area contributed by atoms with Gasteiger partial charge in [0.15, 0.2) is 0 Å². The van der Waals surface area contributed by atoms with Crippen molar-refractivity contribution in [3.63, 3.8) is 0 Å². The van der Waals surface area contributed by atoms with E-state index in [9.17, 15) is 23.3 Å². The highest BCUT2D eigenvalue weighted by molar-refractivity contribution is 7.89. The predicted molar refractivity (Wildman–Crippen MR) is 101 cm³/mol. The Kier molecular flexibility index (Phi) is 5.45. The van der Waals surface area contributed by atoms with Crippen molar-refractivity contribution in [3.8, 4) is 0 Å². The highest BCUT2D eigenvalue weighted by Gasteiger charge is 2.17. The van der Waals surface area contributed by atoms with Crippen LogP contribution in [0.25, 0.3) is 0 Å². The molecule has 0 aliphatic rings. The standard InChI is InChI=1S/C18H14N2O5S2/c21-18(13-4-2-1-3-5-13)17-11-8-15(26-17)12-19-27(24,25)16-9-6-14(7-10-16)20(22)23/h1-11,19H,12H2. The van der Waals surface area contributed by atoms with Gasteiger partial charge >= 0.3 is 0 Å². The van der Waals surface area contributed by atoms with Crippen LogP contribution in [-0.2, 0) is 16.6 Å². The number of rotatable bonds is 7. The lowest BCUT2D eigenvalue weighted by molar-refractivity contribution is -0.384. The number of benzene rings is 2. The second kappa shape index (κ2) is 7.78. The average molecular weight is 402 g/mol. The molecule has 1 heterocycles. The van der Waals surface area contributed by atoms with Gasteiger partial charge in [0.1, 0.15) is 0 Å². The first kappa shape index (κ1) is 18.9. The second-order valence-electron chi connectivity index (χ2n) is 5.54. The Hall–Kier alpha value is -2.88. The molecule has 3 aromatic rings. The molecular weight excluding hydrogens is 388 g/mol. The molecule has 1 aromatic heterocycles. The molecule has 138 valence electrons. The number of ketones is 1. The van der Waals surface area contributed by atoms with E-state index in [1.807, 2.05) is 6.07 Å². The van der Waals surface area contributed by atoms with Crippen molar-refractivity contribution in [1.29, 1.82) is 0 Å². The number of nitrogens with one attached hydrogen (secondary N) is 1. The summed E-state index contributed by atoms with van der Waals surface area (Å²) in [6.45, 7) is 0.0199. The third-order valence-electron chi connectivity index (χ3n) is 3.72. The van der Waals surface area contributed by atoms with Gasteiger partial charge in [-0.2, -0.15) is 0 Å². The van der Waals surface area contributed by atoms with Crippen LogP contribution in [0.2, 0.25) is 0 Å². The zero-order chi connectivity index (χ0) is 19.4. The van der Waals surface area contributed by atoms with E-state index in [1.54, 1.807) is 36.4 Å². The lowest BCUT2D eigenvalue weighted by Crippen LogP contribution is -2.22. The molecule has 7 nitrogen and oxygen atoms in total. The Balaban J connectivity index is 1.69. The molecule has 0 aliphatic carbocycles. The zero-order valence-electron chi connectivity index (χ0n) is 13.9. The van der Waals surface area contributed by atoms with Gasteiger partial charge in [0, 0.05) is 29.1 Å². The van der Waals surface area contributed by atoms with Crippen LogP contribution in [0.5, 0.6) is 0 Å². The van der Waals surface area contributed by atoms with E-state index in [-0.39, 0.29) is 22.9 Å². The molecule has 0 radical (unpaired) electrons. The van der Waals surface area contributed by atoms with E-state index < -0.39 is 14.9 Å². The van der Waals surface area contributed by atoms with Crippen LogP contribution in [0, 0.1) is 10.1 Å². The molecule has 0 bridgehead atoms. The topological polar surface area (TPSA) is 106 Å². The first-order chi connectivity index (χ1) is 12.9. The number of hydrogen-bond donors (Lipinski definition) is 1. The molecule has 27 heavy (non-hydrogen) atoms. The van der Waals surface area contributed by atoms with Gasteiger partial charge in [-0.1, -0.05) is 30.3 Å². The van der Waals surface area contributed by atoms with Crippen molar-refractivity contribution in [3.05, 3.63) is 92.2 Å². The highest BCUT2D eigenvalue weighted by atomic mass is 32.2. The molecule has 0 unspecified atom stereocenters. The maximum absolute atomic E-state index is 12.4. The van der Waals surface area contributed by atoms with E-state index in [2.05, 4.69) is 4.72 Å². The highest BCUT2D eigenvalue weighted by Crippen LogP contribution is 2.21. The average Bonchev–Trinajstić information content (AvgIpc) is 3.16. The number of non-ortho nitro benzene ring substituents is 1. The molecule has 0 saturated carbocycles. The monoisotopic (exact) mass is 402 g/mol. The number of nitro groups is 1. The van der Waals surface area contributed by atoms with Crippen LogP contribution >= 0.6 is 11.3 Å². The van der Waals surface area contributed by atoms with Crippen molar-refractivity contribution in [2.24, 2.45) is 0 Å². The van der Waals surface area contributed by atoms with Crippen LogP contribution < -0.4 is 4.72 Å². The summed E-state index contributed by atoms with van der Waals surface area (Å²) in [5.74, 6) is -0.120. The molecule has 0 amide bonds. The smallest absolute Gasteiger partial charge is 0.269 e. The molecular formula is C18H14N2O5S2. The summed E-state index contributed by atoms with van der Waals surface area (Å²) in [7, 11) is -3.81. The Morgan fingerprint density at radius 1 is 1.00 bits per heavy atom. The largest absolute Gasteiger partial charge is 0.288 e. The van der Waals surface area contributed by atoms with Gasteiger partial charge in [-0.15, -0.1) is 11.3 Å².